The van der Waals surface area contributed by atoms with Crippen LogP contribution in [0.3, 0.4) is 0 Å². The smallest absolute Gasteiger partial charge is 1.00 e. The van der Waals surface area contributed by atoms with Crippen LogP contribution in [0.2, 0.25) is 0 Å². The van der Waals surface area contributed by atoms with Gasteiger partial charge >= 0.3 is 47.5 Å². The molecule has 1 atom stereocenters. The molecule has 0 saturated carbocycles. The molecule has 0 saturated heterocycles. The van der Waals surface area contributed by atoms with Crippen molar-refractivity contribution in [2.24, 2.45) is 0 Å². The van der Waals surface area contributed by atoms with Gasteiger partial charge in [0.1, 0.15) is 6.04 Å². The van der Waals surface area contributed by atoms with Crippen molar-refractivity contribution in [3.05, 3.63) is 0 Å². The maximum absolute atomic E-state index is 11.5. The number of nitrogens with zero attached hydrogens (tertiary/aromatic N) is 1. The third-order valence-corrected chi connectivity index (χ3v) is 1.87. The molecule has 0 aliphatic rings. The summed E-state index contributed by atoms with van der Waals surface area (Å²) in [7, 11) is 0. The molecule has 0 rings (SSSR count). The molecule has 0 heterocycles. The van der Waals surface area contributed by atoms with Crippen LogP contribution in [0, 0.1) is 0 Å². The minimum atomic E-state index is -1.65. The molecule has 0 aromatic carbocycles. The molecule has 19 heavy (non-hydrogen) atoms. The number of esters is 2. The molecule has 1 N–H and O–H groups in total. The van der Waals surface area contributed by atoms with Crippen molar-refractivity contribution in [1.82, 2.24) is 4.90 Å². The number of imide groups is 1. The van der Waals surface area contributed by atoms with Gasteiger partial charge in [0.05, 0.1) is 6.42 Å². The molecule has 2 amide bonds. The van der Waals surface area contributed by atoms with Gasteiger partial charge in [0.2, 0.25) is 11.8 Å². The van der Waals surface area contributed by atoms with Crippen molar-refractivity contribution in [1.29, 1.82) is 0 Å². The molecule has 8 nitrogen and oxygen atoms in total. The summed E-state index contributed by atoms with van der Waals surface area (Å²) in [6, 6.07) is -1.65. The third-order valence-electron chi connectivity index (χ3n) is 1.87. The van der Waals surface area contributed by atoms with E-state index in [0.717, 1.165) is 20.8 Å². The summed E-state index contributed by atoms with van der Waals surface area (Å²) in [5.74, 6) is -5.24. The first kappa shape index (κ1) is 20.1. The van der Waals surface area contributed by atoms with Crippen molar-refractivity contribution in [2.45, 2.75) is 33.2 Å². The maximum Gasteiger partial charge on any atom is 1.00 e. The molecule has 0 aliphatic heterocycles. The molecule has 0 bridgehead atoms. The van der Waals surface area contributed by atoms with Crippen molar-refractivity contribution in [3.8, 4) is 0 Å². The Balaban J connectivity index is -0.00000144. The monoisotopic (exact) mass is 283 g/mol. The quantitative estimate of drug-likeness (QED) is 0.322. The number of hydrogen-bond acceptors (Lipinski definition) is 6. The number of carbonyl (C=O) groups is 5. The Hall–Kier alpha value is -1.25. The van der Waals surface area contributed by atoms with Crippen LogP contribution in [0.1, 0.15) is 28.6 Å². The van der Waals surface area contributed by atoms with Gasteiger partial charge in [-0.05, 0) is 0 Å². The van der Waals surface area contributed by atoms with Crippen molar-refractivity contribution >= 4 is 29.7 Å². The SMILES string of the molecule is CC(=O)OC(=O)[C@H](CC(=O)O)N(C(C)=O)C(C)=O.[H-].[Na+]. The standard InChI is InChI=1S/C10H13NO7.Na.H/c1-5(12)11(6(2)13)8(4-9(15)16)10(17)18-7(3)14;;/h8H,4H2,1-3H3,(H,15,16);;/q;+1;-1/t8-;;/m0../s1. The molecule has 0 aromatic heterocycles. The molecule has 0 fully saturated rings. The first-order valence-electron chi connectivity index (χ1n) is 4.91. The van der Waals surface area contributed by atoms with Gasteiger partial charge in [-0.25, -0.2) is 4.79 Å². The van der Waals surface area contributed by atoms with E-state index < -0.39 is 42.2 Å². The van der Waals surface area contributed by atoms with Gasteiger partial charge in [-0.2, -0.15) is 0 Å². The van der Waals surface area contributed by atoms with Gasteiger partial charge in [0.25, 0.3) is 0 Å². The van der Waals surface area contributed by atoms with Gasteiger partial charge in [0.15, 0.2) is 0 Å². The molecule has 0 radical (unpaired) electrons. The largest absolute Gasteiger partial charge is 1.00 e. The first-order chi connectivity index (χ1) is 8.16. The van der Waals surface area contributed by atoms with Crippen LogP contribution in [0.25, 0.3) is 0 Å². The van der Waals surface area contributed by atoms with Gasteiger partial charge in [0, 0.05) is 20.8 Å². The fourth-order valence-electron chi connectivity index (χ4n) is 1.32. The van der Waals surface area contributed by atoms with E-state index in [1.165, 1.54) is 0 Å². The van der Waals surface area contributed by atoms with E-state index in [1.54, 1.807) is 0 Å². The predicted octanol–water partition coefficient (Wildman–Crippen LogP) is -3.57. The van der Waals surface area contributed by atoms with Gasteiger partial charge < -0.3 is 11.3 Å². The normalized spacial score (nSPS) is 10.7. The number of amides is 2. The summed E-state index contributed by atoms with van der Waals surface area (Å²) in [5.41, 5.74) is 0. The molecular formula is C10H14NNaO7. The molecule has 102 valence electrons. The Morgan fingerprint density at radius 2 is 1.53 bits per heavy atom. The van der Waals surface area contributed by atoms with Crippen LogP contribution < -0.4 is 29.6 Å². The number of rotatable bonds is 4. The maximum atomic E-state index is 11.5. The summed E-state index contributed by atoms with van der Waals surface area (Å²) in [4.78, 5) is 55.6. The van der Waals surface area contributed by atoms with Gasteiger partial charge in [-0.15, -0.1) is 0 Å². The van der Waals surface area contributed by atoms with Crippen molar-refractivity contribution in [3.63, 3.8) is 0 Å². The first-order valence-corrected chi connectivity index (χ1v) is 4.91. The summed E-state index contributed by atoms with van der Waals surface area (Å²) in [6.45, 7) is 2.94. The summed E-state index contributed by atoms with van der Waals surface area (Å²) >= 11 is 0. The van der Waals surface area contributed by atoms with Crippen LogP contribution >= 0.6 is 0 Å². The number of carboxylic acids is 1. The summed E-state index contributed by atoms with van der Waals surface area (Å²) < 4.78 is 4.21. The fourth-order valence-corrected chi connectivity index (χ4v) is 1.32. The van der Waals surface area contributed by atoms with Crippen LogP contribution in [0.4, 0.5) is 0 Å². The number of carbonyl (C=O) groups excluding carboxylic acids is 4. The minimum Gasteiger partial charge on any atom is -1.00 e. The Bertz CT molecular complexity index is 398. The van der Waals surface area contributed by atoms with E-state index in [-0.39, 0.29) is 31.0 Å². The average Bonchev–Trinajstić information content (AvgIpc) is 2.13. The van der Waals surface area contributed by atoms with Crippen LogP contribution in [0.5, 0.6) is 0 Å². The summed E-state index contributed by atoms with van der Waals surface area (Å²) in [5, 5.41) is 8.64. The zero-order valence-corrected chi connectivity index (χ0v) is 13.1. The molecular weight excluding hydrogens is 269 g/mol. The van der Waals surface area contributed by atoms with Crippen LogP contribution in [-0.2, 0) is 28.7 Å². The fraction of sp³-hybridized carbons (Fsp3) is 0.500. The summed E-state index contributed by atoms with van der Waals surface area (Å²) in [6.07, 6.45) is -0.828. The van der Waals surface area contributed by atoms with Crippen molar-refractivity contribution in [2.75, 3.05) is 0 Å². The van der Waals surface area contributed by atoms with E-state index in [2.05, 4.69) is 4.74 Å². The van der Waals surface area contributed by atoms with E-state index in [4.69, 9.17) is 5.11 Å². The Labute approximate surface area is 132 Å². The van der Waals surface area contributed by atoms with Crippen LogP contribution in [-0.4, -0.2) is 45.8 Å². The number of ether oxygens (including phenoxy) is 1. The van der Waals surface area contributed by atoms with E-state index in [1.807, 2.05) is 0 Å². The van der Waals surface area contributed by atoms with E-state index >= 15 is 0 Å². The zero-order valence-electron chi connectivity index (χ0n) is 12.1. The Morgan fingerprint density at radius 1 is 1.11 bits per heavy atom. The molecule has 0 aromatic rings. The number of aliphatic carboxylic acids is 1. The Morgan fingerprint density at radius 3 is 1.79 bits per heavy atom. The second-order valence-corrected chi connectivity index (χ2v) is 3.43. The van der Waals surface area contributed by atoms with Gasteiger partial charge in [-0.1, -0.05) is 0 Å². The average molecular weight is 283 g/mol. The second kappa shape index (κ2) is 8.78. The van der Waals surface area contributed by atoms with E-state index in [0.29, 0.717) is 4.90 Å². The topological polar surface area (TPSA) is 118 Å². The van der Waals surface area contributed by atoms with Crippen molar-refractivity contribution < 1.29 is 64.8 Å². The second-order valence-electron chi connectivity index (χ2n) is 3.43. The molecule has 9 heteroatoms. The molecule has 0 spiro atoms. The predicted molar refractivity (Wildman–Crippen MR) is 57.1 cm³/mol. The molecule has 0 aliphatic carbocycles. The van der Waals surface area contributed by atoms with E-state index in [9.17, 15) is 24.0 Å². The minimum absolute atomic E-state index is 0. The number of hydrogen-bond donors (Lipinski definition) is 1. The zero-order chi connectivity index (χ0) is 14.5. The number of carboxylic acid groups (broad SMARTS) is 1. The van der Waals surface area contributed by atoms with Crippen LogP contribution in [0.15, 0.2) is 0 Å². The third kappa shape index (κ3) is 7.04. The molecule has 0 unspecified atom stereocenters. The Kier molecular flexibility index (Phi) is 9.28. The van der Waals surface area contributed by atoms with Gasteiger partial charge in [-0.3, -0.25) is 24.1 Å².